The number of hydrogen-bond acceptors (Lipinski definition) is 6. The van der Waals surface area contributed by atoms with E-state index < -0.39 is 0 Å². The Morgan fingerprint density at radius 1 is 1.03 bits per heavy atom. The zero-order valence-corrected chi connectivity index (χ0v) is 20.2. The van der Waals surface area contributed by atoms with Crippen LogP contribution in [0.5, 0.6) is 11.5 Å². The zero-order chi connectivity index (χ0) is 24.8. The molecule has 2 N–H and O–H groups in total. The number of rotatable bonds is 9. The first kappa shape index (κ1) is 24.6. The van der Waals surface area contributed by atoms with Crippen molar-refractivity contribution in [3.05, 3.63) is 83.7 Å². The van der Waals surface area contributed by atoms with Crippen molar-refractivity contribution >= 4 is 29.3 Å². The summed E-state index contributed by atoms with van der Waals surface area (Å²) in [6, 6.07) is 18.5. The molecule has 0 aromatic heterocycles. The molecule has 3 aromatic carbocycles. The number of benzene rings is 3. The summed E-state index contributed by atoms with van der Waals surface area (Å²) in [6.07, 6.45) is 0. The summed E-state index contributed by atoms with van der Waals surface area (Å²) in [5.74, 6) is 0.581. The highest BCUT2D eigenvalue weighted by Crippen LogP contribution is 2.34. The third-order valence-electron chi connectivity index (χ3n) is 5.46. The first-order valence-corrected chi connectivity index (χ1v) is 12.0. The summed E-state index contributed by atoms with van der Waals surface area (Å²) in [7, 11) is 3.76. The number of fused-ring (bicyclic) bond motifs is 1. The van der Waals surface area contributed by atoms with Crippen LogP contribution in [0.4, 0.5) is 10.1 Å². The molecule has 0 aliphatic carbocycles. The van der Waals surface area contributed by atoms with E-state index in [4.69, 9.17) is 9.47 Å². The van der Waals surface area contributed by atoms with Gasteiger partial charge in [0.1, 0.15) is 5.82 Å². The van der Waals surface area contributed by atoms with Crippen LogP contribution in [0.15, 0.2) is 71.6 Å². The number of thioether (sulfide) groups is 1. The maximum atomic E-state index is 13.7. The molecule has 35 heavy (non-hydrogen) atoms. The average Bonchev–Trinajstić information content (AvgIpc) is 3.31. The lowest BCUT2D eigenvalue weighted by molar-refractivity contribution is -0.113. The van der Waals surface area contributed by atoms with Crippen molar-refractivity contribution in [1.82, 2.24) is 10.2 Å². The minimum absolute atomic E-state index is 0.127. The Kier molecular flexibility index (Phi) is 7.89. The van der Waals surface area contributed by atoms with E-state index in [1.165, 1.54) is 23.9 Å². The Hall–Kier alpha value is -3.56. The lowest BCUT2D eigenvalue weighted by Crippen LogP contribution is -2.34. The van der Waals surface area contributed by atoms with E-state index in [1.54, 1.807) is 36.4 Å². The summed E-state index contributed by atoms with van der Waals surface area (Å²) in [6.45, 7) is 0.470. The molecular weight excluding hydrogens is 469 g/mol. The van der Waals surface area contributed by atoms with Gasteiger partial charge in [0.25, 0.3) is 5.91 Å². The first-order valence-electron chi connectivity index (χ1n) is 11.0. The number of anilines is 1. The number of halogens is 1. The van der Waals surface area contributed by atoms with Gasteiger partial charge in [0.15, 0.2) is 11.5 Å². The van der Waals surface area contributed by atoms with Gasteiger partial charge < -0.3 is 25.0 Å². The van der Waals surface area contributed by atoms with Gasteiger partial charge in [-0.1, -0.05) is 24.3 Å². The van der Waals surface area contributed by atoms with E-state index in [0.29, 0.717) is 34.2 Å². The smallest absolute Gasteiger partial charge is 0.252 e. The van der Waals surface area contributed by atoms with Crippen LogP contribution in [-0.2, 0) is 4.79 Å². The van der Waals surface area contributed by atoms with Gasteiger partial charge in [-0.15, -0.1) is 11.8 Å². The van der Waals surface area contributed by atoms with Gasteiger partial charge in [0.2, 0.25) is 12.7 Å². The van der Waals surface area contributed by atoms with Crippen LogP contribution >= 0.6 is 11.8 Å². The quantitative estimate of drug-likeness (QED) is 0.431. The largest absolute Gasteiger partial charge is 0.454 e. The van der Waals surface area contributed by atoms with Crippen LogP contribution in [0.3, 0.4) is 0 Å². The van der Waals surface area contributed by atoms with Crippen molar-refractivity contribution in [2.24, 2.45) is 0 Å². The van der Waals surface area contributed by atoms with E-state index in [2.05, 4.69) is 10.6 Å². The number of hydrogen-bond donors (Lipinski definition) is 2. The minimum Gasteiger partial charge on any atom is -0.454 e. The Labute approximate surface area is 207 Å². The summed E-state index contributed by atoms with van der Waals surface area (Å²) in [5, 5.41) is 5.78. The molecule has 1 aliphatic rings. The molecule has 0 spiro atoms. The van der Waals surface area contributed by atoms with Crippen molar-refractivity contribution < 1.29 is 23.5 Å². The highest BCUT2D eigenvalue weighted by molar-refractivity contribution is 8.00. The van der Waals surface area contributed by atoms with Crippen LogP contribution in [0, 0.1) is 5.82 Å². The number of likely N-dealkylation sites (N-methyl/N-ethyl adjacent to an activating group) is 1. The molecule has 7 nitrogen and oxygen atoms in total. The van der Waals surface area contributed by atoms with Gasteiger partial charge in [-0.3, -0.25) is 9.59 Å². The number of nitrogens with zero attached hydrogens (tertiary/aromatic N) is 1. The fourth-order valence-electron chi connectivity index (χ4n) is 3.69. The fourth-order valence-corrected chi connectivity index (χ4v) is 4.54. The standard InChI is InChI=1S/C26H26FN3O4S/c1-30(2)21(17-6-5-7-18(27)12-17)14-28-26(32)20-8-3-4-9-24(20)35-15-25(31)29-19-10-11-22-23(13-19)34-16-33-22/h3-13,21H,14-16H2,1-2H3,(H,28,32)(H,29,31)/t21-/m1/s1. The molecule has 0 bridgehead atoms. The summed E-state index contributed by atoms with van der Waals surface area (Å²) in [4.78, 5) is 28.1. The van der Waals surface area contributed by atoms with Gasteiger partial charge >= 0.3 is 0 Å². The molecule has 1 atom stereocenters. The van der Waals surface area contributed by atoms with Gasteiger partial charge in [0.05, 0.1) is 17.4 Å². The molecule has 2 amide bonds. The zero-order valence-electron chi connectivity index (χ0n) is 19.4. The molecule has 3 aromatic rings. The van der Waals surface area contributed by atoms with E-state index in [0.717, 1.165) is 5.56 Å². The van der Waals surface area contributed by atoms with Gasteiger partial charge in [-0.2, -0.15) is 0 Å². The van der Waals surface area contributed by atoms with E-state index in [9.17, 15) is 14.0 Å². The Morgan fingerprint density at radius 3 is 2.63 bits per heavy atom. The fraction of sp³-hybridized carbons (Fsp3) is 0.231. The molecule has 1 heterocycles. The number of ether oxygens (including phenoxy) is 2. The molecule has 4 rings (SSSR count). The topological polar surface area (TPSA) is 79.9 Å². The van der Waals surface area contributed by atoms with Gasteiger partial charge in [0, 0.05) is 23.2 Å². The van der Waals surface area contributed by atoms with Crippen molar-refractivity contribution in [3.8, 4) is 11.5 Å². The molecule has 0 saturated heterocycles. The highest BCUT2D eigenvalue weighted by atomic mass is 32.2. The number of amides is 2. The molecule has 1 aliphatic heterocycles. The van der Waals surface area contributed by atoms with Crippen LogP contribution in [-0.4, -0.2) is 49.9 Å². The SMILES string of the molecule is CN(C)[C@H](CNC(=O)c1ccccc1SCC(=O)Nc1ccc2c(c1)OCO2)c1cccc(F)c1. The number of carbonyl (C=O) groups is 2. The summed E-state index contributed by atoms with van der Waals surface area (Å²) < 4.78 is 24.3. The third-order valence-corrected chi connectivity index (χ3v) is 6.53. The van der Waals surface area contributed by atoms with Crippen molar-refractivity contribution in [2.45, 2.75) is 10.9 Å². The summed E-state index contributed by atoms with van der Waals surface area (Å²) >= 11 is 1.28. The second kappa shape index (κ2) is 11.2. The normalized spacial score (nSPS) is 12.9. The molecule has 0 radical (unpaired) electrons. The van der Waals surface area contributed by atoms with Crippen LogP contribution in [0.1, 0.15) is 22.0 Å². The molecular formula is C26H26FN3O4S. The predicted molar refractivity (Wildman–Crippen MR) is 134 cm³/mol. The van der Waals surface area contributed by atoms with Crippen LogP contribution in [0.2, 0.25) is 0 Å². The van der Waals surface area contributed by atoms with Crippen molar-refractivity contribution in [2.75, 3.05) is 38.5 Å². The van der Waals surface area contributed by atoms with Crippen molar-refractivity contribution in [1.29, 1.82) is 0 Å². The second-order valence-electron chi connectivity index (χ2n) is 8.15. The Balaban J connectivity index is 1.36. The molecule has 0 fully saturated rings. The maximum absolute atomic E-state index is 13.7. The van der Waals surface area contributed by atoms with E-state index >= 15 is 0 Å². The average molecular weight is 496 g/mol. The van der Waals surface area contributed by atoms with Gasteiger partial charge in [-0.05, 0) is 56.1 Å². The monoisotopic (exact) mass is 495 g/mol. The highest BCUT2D eigenvalue weighted by Gasteiger charge is 2.19. The lowest BCUT2D eigenvalue weighted by atomic mass is 10.1. The minimum atomic E-state index is -0.318. The maximum Gasteiger partial charge on any atom is 0.252 e. The van der Waals surface area contributed by atoms with E-state index in [1.807, 2.05) is 37.2 Å². The van der Waals surface area contributed by atoms with Gasteiger partial charge in [-0.25, -0.2) is 4.39 Å². The first-order chi connectivity index (χ1) is 16.9. The number of nitrogens with one attached hydrogen (secondary N) is 2. The molecule has 0 unspecified atom stereocenters. The Morgan fingerprint density at radius 2 is 1.83 bits per heavy atom. The molecule has 0 saturated carbocycles. The Bertz CT molecular complexity index is 1220. The molecule has 9 heteroatoms. The number of carbonyl (C=O) groups excluding carboxylic acids is 2. The van der Waals surface area contributed by atoms with Crippen LogP contribution in [0.25, 0.3) is 0 Å². The predicted octanol–water partition coefficient (Wildman–Crippen LogP) is 4.32. The van der Waals surface area contributed by atoms with E-state index in [-0.39, 0.29) is 36.2 Å². The molecule has 182 valence electrons. The summed E-state index contributed by atoms with van der Waals surface area (Å²) in [5.41, 5.74) is 1.86. The van der Waals surface area contributed by atoms with Crippen molar-refractivity contribution in [3.63, 3.8) is 0 Å². The third kappa shape index (κ3) is 6.32. The second-order valence-corrected chi connectivity index (χ2v) is 9.16. The lowest BCUT2D eigenvalue weighted by Gasteiger charge is -2.25. The van der Waals surface area contributed by atoms with Crippen LogP contribution < -0.4 is 20.1 Å².